The number of thioether (sulfide) groups is 1. The molecule has 10 heavy (non-hydrogen) atoms. The Balaban J connectivity index is 0. The second kappa shape index (κ2) is 16.1. The Bertz CT molecular complexity index is 30.2. The van der Waals surface area contributed by atoms with Crippen LogP contribution in [0, 0.1) is 0 Å². The van der Waals surface area contributed by atoms with Gasteiger partial charge >= 0.3 is 0 Å². The van der Waals surface area contributed by atoms with Crippen LogP contribution in [0.3, 0.4) is 0 Å². The lowest BCUT2D eigenvalue weighted by Crippen LogP contribution is -1.80. The first-order chi connectivity index (χ1) is 4.83. The van der Waals surface area contributed by atoms with E-state index < -0.39 is 0 Å². The molecular formula is C8H20OS. The van der Waals surface area contributed by atoms with E-state index >= 15 is 0 Å². The summed E-state index contributed by atoms with van der Waals surface area (Å²) >= 11 is 1.90. The summed E-state index contributed by atoms with van der Waals surface area (Å²) in [6, 6.07) is 0. The highest BCUT2D eigenvalue weighted by Crippen LogP contribution is 1.91. The molecule has 0 N–H and O–H groups in total. The third-order valence-corrected chi connectivity index (χ3v) is 1.63. The number of hydrogen-bond donors (Lipinski definition) is 0. The fourth-order valence-corrected chi connectivity index (χ4v) is 0.816. The van der Waals surface area contributed by atoms with Crippen LogP contribution >= 0.6 is 11.8 Å². The van der Waals surface area contributed by atoms with E-state index in [-0.39, 0.29) is 0 Å². The summed E-state index contributed by atoms with van der Waals surface area (Å²) in [6.07, 6.45) is 4.56. The third kappa shape index (κ3) is 23.9. The molecule has 0 unspecified atom stereocenters. The van der Waals surface area contributed by atoms with Crippen molar-refractivity contribution in [3.8, 4) is 0 Å². The lowest BCUT2D eigenvalue weighted by Gasteiger charge is -1.84. The highest BCUT2D eigenvalue weighted by molar-refractivity contribution is 7.98. The van der Waals surface area contributed by atoms with Gasteiger partial charge in [0.05, 0.1) is 0 Å². The normalized spacial score (nSPS) is 8.40. The lowest BCUT2D eigenvalue weighted by molar-refractivity contribution is 0.199. The number of methoxy groups -OCH3 is 1. The van der Waals surface area contributed by atoms with Crippen molar-refractivity contribution >= 4 is 11.8 Å². The first-order valence-electron chi connectivity index (χ1n) is 3.81. The molecule has 0 spiro atoms. The molecule has 0 aliphatic heterocycles. The zero-order chi connectivity index (χ0) is 8.24. The molecule has 0 saturated carbocycles. The van der Waals surface area contributed by atoms with Crippen LogP contribution < -0.4 is 0 Å². The van der Waals surface area contributed by atoms with Crippen LogP contribution in [0.25, 0.3) is 0 Å². The molecular weight excluding hydrogens is 144 g/mol. The maximum Gasteiger partial charge on any atom is 0.0459 e. The van der Waals surface area contributed by atoms with Gasteiger partial charge in [-0.2, -0.15) is 11.8 Å². The average Bonchev–Trinajstić information content (AvgIpc) is 1.93. The van der Waals surface area contributed by atoms with E-state index in [1.807, 2.05) is 11.8 Å². The first-order valence-corrected chi connectivity index (χ1v) is 5.20. The van der Waals surface area contributed by atoms with Crippen molar-refractivity contribution in [1.82, 2.24) is 0 Å². The van der Waals surface area contributed by atoms with Gasteiger partial charge in [-0.15, -0.1) is 0 Å². The van der Waals surface area contributed by atoms with Gasteiger partial charge in [0.1, 0.15) is 0 Å². The minimum absolute atomic E-state index is 0.889. The Labute approximate surface area is 69.5 Å². The Morgan fingerprint density at radius 2 is 1.80 bits per heavy atom. The van der Waals surface area contributed by atoms with Gasteiger partial charge in [0.15, 0.2) is 0 Å². The standard InChI is InChI=1S/C4H10O.C4H10S/c2*1-3-4-5-2/h2*3-4H2,1-2H3. The number of hydrogen-bond acceptors (Lipinski definition) is 2. The van der Waals surface area contributed by atoms with Crippen molar-refractivity contribution in [2.24, 2.45) is 0 Å². The van der Waals surface area contributed by atoms with Crippen LogP contribution in [0.2, 0.25) is 0 Å². The zero-order valence-electron chi connectivity index (χ0n) is 7.64. The Morgan fingerprint density at radius 1 is 1.20 bits per heavy atom. The van der Waals surface area contributed by atoms with Crippen LogP contribution in [0.1, 0.15) is 26.7 Å². The van der Waals surface area contributed by atoms with Gasteiger partial charge in [0.25, 0.3) is 0 Å². The van der Waals surface area contributed by atoms with Crippen molar-refractivity contribution in [1.29, 1.82) is 0 Å². The zero-order valence-corrected chi connectivity index (χ0v) is 8.46. The number of ether oxygens (including phenoxy) is 1. The average molecular weight is 164 g/mol. The summed E-state index contributed by atoms with van der Waals surface area (Å²) in [7, 11) is 1.71. The summed E-state index contributed by atoms with van der Waals surface area (Å²) in [4.78, 5) is 0. The molecule has 0 bridgehead atoms. The molecule has 64 valence electrons. The molecule has 0 atom stereocenters. The molecule has 1 nitrogen and oxygen atoms in total. The van der Waals surface area contributed by atoms with Crippen molar-refractivity contribution in [3.63, 3.8) is 0 Å². The SMILES string of the molecule is CCCOC.CCCSC. The molecule has 0 heterocycles. The van der Waals surface area contributed by atoms with Gasteiger partial charge < -0.3 is 4.74 Å². The Morgan fingerprint density at radius 3 is 1.80 bits per heavy atom. The summed E-state index contributed by atoms with van der Waals surface area (Å²) in [6.45, 7) is 5.17. The van der Waals surface area contributed by atoms with Gasteiger partial charge in [-0.05, 0) is 24.9 Å². The quantitative estimate of drug-likeness (QED) is 0.632. The van der Waals surface area contributed by atoms with Crippen LogP contribution in [-0.2, 0) is 4.74 Å². The molecule has 0 rings (SSSR count). The van der Waals surface area contributed by atoms with Gasteiger partial charge in [-0.1, -0.05) is 13.8 Å². The Hall–Kier alpha value is 0.310. The minimum atomic E-state index is 0.889. The monoisotopic (exact) mass is 164 g/mol. The van der Waals surface area contributed by atoms with E-state index in [0.717, 1.165) is 13.0 Å². The van der Waals surface area contributed by atoms with Crippen molar-refractivity contribution in [2.75, 3.05) is 25.7 Å². The molecule has 0 aromatic rings. The molecule has 0 radical (unpaired) electrons. The maximum atomic E-state index is 4.69. The van der Waals surface area contributed by atoms with Gasteiger partial charge in [-0.25, -0.2) is 0 Å². The number of rotatable bonds is 4. The van der Waals surface area contributed by atoms with E-state index in [4.69, 9.17) is 4.74 Å². The summed E-state index contributed by atoms with van der Waals surface area (Å²) in [5.41, 5.74) is 0. The minimum Gasteiger partial charge on any atom is -0.385 e. The maximum absolute atomic E-state index is 4.69. The molecule has 2 heteroatoms. The van der Waals surface area contributed by atoms with Crippen LogP contribution in [-0.4, -0.2) is 25.7 Å². The topological polar surface area (TPSA) is 9.23 Å². The predicted molar refractivity (Wildman–Crippen MR) is 50.8 cm³/mol. The molecule has 0 amide bonds. The van der Waals surface area contributed by atoms with Crippen LogP contribution in [0.15, 0.2) is 0 Å². The summed E-state index contributed by atoms with van der Waals surface area (Å²) in [5, 5.41) is 0. The van der Waals surface area contributed by atoms with E-state index in [2.05, 4.69) is 20.1 Å². The smallest absolute Gasteiger partial charge is 0.0459 e. The first kappa shape index (κ1) is 12.9. The highest BCUT2D eigenvalue weighted by Gasteiger charge is 1.67. The highest BCUT2D eigenvalue weighted by atomic mass is 32.2. The van der Waals surface area contributed by atoms with Gasteiger partial charge in [0.2, 0.25) is 0 Å². The van der Waals surface area contributed by atoms with E-state index in [1.165, 1.54) is 12.2 Å². The Kier molecular flexibility index (Phi) is 20.9. The molecule has 0 saturated heterocycles. The van der Waals surface area contributed by atoms with Crippen LogP contribution in [0.5, 0.6) is 0 Å². The molecule has 0 aromatic heterocycles. The molecule has 0 aliphatic carbocycles. The summed E-state index contributed by atoms with van der Waals surface area (Å²) in [5.74, 6) is 1.31. The van der Waals surface area contributed by atoms with Crippen molar-refractivity contribution in [3.05, 3.63) is 0 Å². The second-order valence-electron chi connectivity index (χ2n) is 1.99. The van der Waals surface area contributed by atoms with Gasteiger partial charge in [0, 0.05) is 13.7 Å². The van der Waals surface area contributed by atoms with Crippen molar-refractivity contribution < 1.29 is 4.74 Å². The fourth-order valence-electron chi connectivity index (χ4n) is 0.408. The largest absolute Gasteiger partial charge is 0.385 e. The lowest BCUT2D eigenvalue weighted by atomic mass is 10.5. The van der Waals surface area contributed by atoms with E-state index in [9.17, 15) is 0 Å². The predicted octanol–water partition coefficient (Wildman–Crippen LogP) is 2.80. The second-order valence-corrected chi connectivity index (χ2v) is 2.97. The third-order valence-electron chi connectivity index (χ3n) is 0.816. The van der Waals surface area contributed by atoms with Crippen LogP contribution in [0.4, 0.5) is 0 Å². The van der Waals surface area contributed by atoms with E-state index in [0.29, 0.717) is 0 Å². The molecule has 0 fully saturated rings. The van der Waals surface area contributed by atoms with Crippen molar-refractivity contribution in [2.45, 2.75) is 26.7 Å². The fraction of sp³-hybridized carbons (Fsp3) is 1.00. The molecule has 0 aliphatic rings. The van der Waals surface area contributed by atoms with Gasteiger partial charge in [-0.3, -0.25) is 0 Å². The summed E-state index contributed by atoms with van der Waals surface area (Å²) < 4.78 is 4.69. The van der Waals surface area contributed by atoms with E-state index in [1.54, 1.807) is 7.11 Å². The molecule has 0 aromatic carbocycles.